The molecule has 3 aromatic rings. The number of benzene rings is 2. The highest BCUT2D eigenvalue weighted by Gasteiger charge is 2.27. The predicted octanol–water partition coefficient (Wildman–Crippen LogP) is 4.54. The molecule has 0 bridgehead atoms. The van der Waals surface area contributed by atoms with Gasteiger partial charge < -0.3 is 30.8 Å². The Kier molecular flexibility index (Phi) is 6.28. The summed E-state index contributed by atoms with van der Waals surface area (Å²) in [6, 6.07) is 8.49. The summed E-state index contributed by atoms with van der Waals surface area (Å²) in [7, 11) is 1.53. The quantitative estimate of drug-likeness (QED) is 0.332. The molecule has 180 valence electrons. The number of hydrogen-bond donors (Lipinski definition) is 5. The molecular weight excluding hydrogens is 455 g/mol. The van der Waals surface area contributed by atoms with Gasteiger partial charge in [0.25, 0.3) is 5.91 Å². The van der Waals surface area contributed by atoms with Crippen molar-refractivity contribution in [2.45, 2.75) is 20.3 Å². The zero-order chi connectivity index (χ0) is 25.3. The number of aromatic nitrogens is 1. The fourth-order valence-electron chi connectivity index (χ4n) is 3.93. The molecule has 0 saturated heterocycles. The van der Waals surface area contributed by atoms with Crippen molar-refractivity contribution in [1.82, 2.24) is 4.98 Å². The summed E-state index contributed by atoms with van der Waals surface area (Å²) in [6.45, 7) is 3.52. The Morgan fingerprint density at radius 2 is 1.86 bits per heavy atom. The Bertz CT molecular complexity index is 1380. The summed E-state index contributed by atoms with van der Waals surface area (Å²) in [5.74, 6) is -1.49. The lowest BCUT2D eigenvalue weighted by Crippen LogP contribution is -2.20. The molecule has 1 aliphatic rings. The van der Waals surface area contributed by atoms with Crippen LogP contribution in [0.25, 0.3) is 11.6 Å². The van der Waals surface area contributed by atoms with Crippen LogP contribution in [0.2, 0.25) is 0 Å². The first-order valence-electron chi connectivity index (χ1n) is 10.6. The number of aliphatic carboxylic acids is 1. The molecule has 35 heavy (non-hydrogen) atoms. The summed E-state index contributed by atoms with van der Waals surface area (Å²) in [4.78, 5) is 39.2. The number of carbonyl (C=O) groups excluding carboxylic acids is 2. The molecule has 0 radical (unpaired) electrons. The Balaban J connectivity index is 1.57. The SMILES string of the molecule is COc1ccc(NC(=O)Nc2cc3c(cc2F)/C(=C/c2[nH]c(C)c(CC(=O)O)c2C)C(=O)N3)cc1. The van der Waals surface area contributed by atoms with Gasteiger partial charge in [-0.1, -0.05) is 0 Å². The Labute approximate surface area is 200 Å². The predicted molar refractivity (Wildman–Crippen MR) is 130 cm³/mol. The number of nitrogens with one attached hydrogen (secondary N) is 4. The highest BCUT2D eigenvalue weighted by Crippen LogP contribution is 2.37. The van der Waals surface area contributed by atoms with E-state index in [1.54, 1.807) is 44.2 Å². The molecule has 2 aromatic carbocycles. The van der Waals surface area contributed by atoms with Crippen LogP contribution in [-0.4, -0.2) is 35.1 Å². The Morgan fingerprint density at radius 3 is 2.51 bits per heavy atom. The van der Waals surface area contributed by atoms with Crippen molar-refractivity contribution < 1.29 is 28.6 Å². The van der Waals surface area contributed by atoms with E-state index in [0.29, 0.717) is 45.2 Å². The van der Waals surface area contributed by atoms with Crippen molar-refractivity contribution >= 4 is 46.6 Å². The zero-order valence-corrected chi connectivity index (χ0v) is 19.2. The Morgan fingerprint density at radius 1 is 1.14 bits per heavy atom. The fraction of sp³-hybridized carbons (Fsp3) is 0.160. The maximum Gasteiger partial charge on any atom is 0.323 e. The molecule has 0 aliphatic carbocycles. The molecule has 9 nitrogen and oxygen atoms in total. The lowest BCUT2D eigenvalue weighted by molar-refractivity contribution is -0.136. The lowest BCUT2D eigenvalue weighted by atomic mass is 10.0. The second-order valence-corrected chi connectivity index (χ2v) is 8.04. The van der Waals surface area contributed by atoms with Gasteiger partial charge in [-0.25, -0.2) is 9.18 Å². The molecule has 5 N–H and O–H groups in total. The fourth-order valence-corrected chi connectivity index (χ4v) is 3.93. The molecule has 3 amide bonds. The number of fused-ring (bicyclic) bond motifs is 1. The van der Waals surface area contributed by atoms with Crippen molar-refractivity contribution in [3.8, 4) is 5.75 Å². The average molecular weight is 478 g/mol. The number of aryl methyl sites for hydroxylation is 1. The normalized spacial score (nSPS) is 13.4. The summed E-state index contributed by atoms with van der Waals surface area (Å²) in [5, 5.41) is 16.8. The topological polar surface area (TPSA) is 133 Å². The Hall–Kier alpha value is -4.60. The number of rotatable bonds is 6. The van der Waals surface area contributed by atoms with Gasteiger partial charge in [0.15, 0.2) is 0 Å². The van der Waals surface area contributed by atoms with Crippen LogP contribution in [0.15, 0.2) is 36.4 Å². The van der Waals surface area contributed by atoms with Crippen molar-refractivity contribution in [2.24, 2.45) is 0 Å². The number of H-pyrrole nitrogens is 1. The van der Waals surface area contributed by atoms with Crippen molar-refractivity contribution in [3.05, 3.63) is 70.3 Å². The van der Waals surface area contributed by atoms with E-state index >= 15 is 0 Å². The van der Waals surface area contributed by atoms with Gasteiger partial charge in [-0.2, -0.15) is 0 Å². The molecule has 0 atom stereocenters. The monoisotopic (exact) mass is 478 g/mol. The van der Waals surface area contributed by atoms with Crippen molar-refractivity contribution in [3.63, 3.8) is 0 Å². The number of carboxylic acids is 1. The van der Waals surface area contributed by atoms with Crippen LogP contribution >= 0.6 is 0 Å². The number of ether oxygens (including phenoxy) is 1. The number of methoxy groups -OCH3 is 1. The van der Waals surface area contributed by atoms with Crippen LogP contribution in [0.4, 0.5) is 26.2 Å². The third kappa shape index (κ3) is 4.86. The van der Waals surface area contributed by atoms with Gasteiger partial charge in [0.2, 0.25) is 0 Å². The standard InChI is InChI=1S/C25H23FN4O5/c1-12-16(10-23(31)32)13(2)27-20(12)9-18-17-8-19(26)22(11-21(17)29-24(18)33)30-25(34)28-14-4-6-15(35-3)7-5-14/h4-9,11,27H,10H2,1-3H3,(H,29,33)(H,31,32)(H2,28,30,34)/b18-9-. The number of urea groups is 1. The van der Waals surface area contributed by atoms with Crippen LogP contribution in [0.5, 0.6) is 5.75 Å². The van der Waals surface area contributed by atoms with E-state index in [-0.39, 0.29) is 17.7 Å². The smallest absolute Gasteiger partial charge is 0.323 e. The number of hydrogen-bond acceptors (Lipinski definition) is 4. The number of carboxylic acid groups (broad SMARTS) is 1. The van der Waals surface area contributed by atoms with E-state index in [4.69, 9.17) is 9.84 Å². The van der Waals surface area contributed by atoms with E-state index in [9.17, 15) is 18.8 Å². The second kappa shape index (κ2) is 9.34. The molecule has 0 saturated carbocycles. The summed E-state index contributed by atoms with van der Waals surface area (Å²) >= 11 is 0. The van der Waals surface area contributed by atoms with Crippen LogP contribution in [0.1, 0.15) is 28.1 Å². The third-order valence-corrected chi connectivity index (χ3v) is 5.73. The van der Waals surface area contributed by atoms with Gasteiger partial charge in [-0.05, 0) is 67.4 Å². The summed E-state index contributed by atoms with van der Waals surface area (Å²) in [5.41, 5.74) is 3.87. The van der Waals surface area contributed by atoms with Gasteiger partial charge in [0.1, 0.15) is 11.6 Å². The molecule has 0 spiro atoms. The molecule has 1 aromatic heterocycles. The molecule has 1 aliphatic heterocycles. The maximum absolute atomic E-state index is 14.9. The highest BCUT2D eigenvalue weighted by atomic mass is 19.1. The van der Waals surface area contributed by atoms with Gasteiger partial charge >= 0.3 is 12.0 Å². The van der Waals surface area contributed by atoms with E-state index in [1.807, 2.05) is 0 Å². The first kappa shape index (κ1) is 23.6. The molecular formula is C25H23FN4O5. The first-order valence-corrected chi connectivity index (χ1v) is 10.6. The van der Waals surface area contributed by atoms with Crippen molar-refractivity contribution in [2.75, 3.05) is 23.1 Å². The maximum atomic E-state index is 14.9. The van der Waals surface area contributed by atoms with Crippen molar-refractivity contribution in [1.29, 1.82) is 0 Å². The summed E-state index contributed by atoms with van der Waals surface area (Å²) in [6.07, 6.45) is 1.42. The first-order chi connectivity index (χ1) is 16.7. The minimum absolute atomic E-state index is 0.105. The third-order valence-electron chi connectivity index (χ3n) is 5.73. The summed E-state index contributed by atoms with van der Waals surface area (Å²) < 4.78 is 19.9. The molecule has 10 heteroatoms. The van der Waals surface area contributed by atoms with E-state index in [0.717, 1.165) is 0 Å². The number of amides is 3. The van der Waals surface area contributed by atoms with Crippen LogP contribution in [0.3, 0.4) is 0 Å². The van der Waals surface area contributed by atoms with E-state index in [1.165, 1.54) is 19.2 Å². The number of anilines is 3. The van der Waals surface area contributed by atoms with Gasteiger partial charge in [-0.3, -0.25) is 9.59 Å². The molecule has 0 unspecified atom stereocenters. The van der Waals surface area contributed by atoms with Crippen LogP contribution < -0.4 is 20.7 Å². The van der Waals surface area contributed by atoms with Gasteiger partial charge in [0.05, 0.1) is 30.5 Å². The average Bonchev–Trinajstić information content (AvgIpc) is 3.24. The largest absolute Gasteiger partial charge is 0.497 e. The minimum Gasteiger partial charge on any atom is -0.497 e. The number of halogens is 1. The van der Waals surface area contributed by atoms with Crippen LogP contribution in [-0.2, 0) is 16.0 Å². The zero-order valence-electron chi connectivity index (χ0n) is 19.2. The molecule has 0 fully saturated rings. The van der Waals surface area contributed by atoms with Crippen LogP contribution in [0, 0.1) is 19.7 Å². The molecule has 2 heterocycles. The second-order valence-electron chi connectivity index (χ2n) is 8.04. The van der Waals surface area contributed by atoms with Gasteiger partial charge in [-0.15, -0.1) is 0 Å². The number of carbonyl (C=O) groups is 3. The number of aromatic amines is 1. The molecule has 4 rings (SSSR count). The lowest BCUT2D eigenvalue weighted by Gasteiger charge is -2.10. The van der Waals surface area contributed by atoms with E-state index < -0.39 is 23.7 Å². The van der Waals surface area contributed by atoms with Gasteiger partial charge in [0, 0.05) is 22.6 Å². The minimum atomic E-state index is -0.962. The highest BCUT2D eigenvalue weighted by molar-refractivity contribution is 6.35. The van der Waals surface area contributed by atoms with E-state index in [2.05, 4.69) is 20.9 Å².